The highest BCUT2D eigenvalue weighted by Gasteiger charge is 2.13. The third-order valence-corrected chi connectivity index (χ3v) is 4.40. The average molecular weight is 355 g/mol. The van der Waals surface area contributed by atoms with E-state index in [-0.39, 0.29) is 11.6 Å². The van der Waals surface area contributed by atoms with Gasteiger partial charge in [-0.05, 0) is 12.1 Å². The Hall–Kier alpha value is -2.60. The van der Waals surface area contributed by atoms with E-state index in [1.807, 2.05) is 41.0 Å². The van der Waals surface area contributed by atoms with Crippen molar-refractivity contribution < 1.29 is 9.13 Å². The van der Waals surface area contributed by atoms with Crippen LogP contribution < -0.4 is 4.74 Å². The summed E-state index contributed by atoms with van der Waals surface area (Å²) in [6.07, 6.45) is 1.82. The molecule has 3 rings (SSSR count). The fourth-order valence-corrected chi connectivity index (χ4v) is 3.10. The van der Waals surface area contributed by atoms with E-state index >= 15 is 0 Å². The van der Waals surface area contributed by atoms with Crippen molar-refractivity contribution in [1.82, 2.24) is 14.8 Å². The lowest BCUT2D eigenvalue weighted by Gasteiger charge is -2.09. The van der Waals surface area contributed by atoms with Crippen LogP contribution in [-0.2, 0) is 6.54 Å². The molecule has 1 aromatic heterocycles. The number of hydrogen-bond donors (Lipinski definition) is 0. The zero-order valence-corrected chi connectivity index (χ0v) is 14.5. The Balaban J connectivity index is 1.65. The molecule has 0 spiro atoms. The molecule has 128 valence electrons. The normalized spacial score (nSPS) is 10.6. The van der Waals surface area contributed by atoms with E-state index in [2.05, 4.69) is 16.8 Å². The van der Waals surface area contributed by atoms with Gasteiger partial charge in [0, 0.05) is 17.9 Å². The number of halogens is 1. The fourth-order valence-electron chi connectivity index (χ4n) is 2.34. The number of nitrogens with zero attached hydrogens (tertiary/aromatic N) is 3. The summed E-state index contributed by atoms with van der Waals surface area (Å²) >= 11 is 1.52. The van der Waals surface area contributed by atoms with Crippen molar-refractivity contribution >= 4 is 11.8 Å². The molecule has 0 amide bonds. The largest absolute Gasteiger partial charge is 0.490 e. The van der Waals surface area contributed by atoms with Gasteiger partial charge >= 0.3 is 0 Å². The number of benzene rings is 2. The number of rotatable bonds is 8. The Labute approximate surface area is 150 Å². The minimum Gasteiger partial charge on any atom is -0.490 e. The molecule has 0 unspecified atom stereocenters. The second-order valence-corrected chi connectivity index (χ2v) is 6.26. The second-order valence-electron chi connectivity index (χ2n) is 5.20. The summed E-state index contributed by atoms with van der Waals surface area (Å²) in [6.45, 7) is 4.81. The zero-order valence-electron chi connectivity index (χ0n) is 13.6. The predicted molar refractivity (Wildman–Crippen MR) is 98.3 cm³/mol. The van der Waals surface area contributed by atoms with Crippen LogP contribution in [0.15, 0.2) is 72.4 Å². The molecule has 0 N–H and O–H groups in total. The SMILES string of the molecule is C=CCn1c(SCCOc2ccccc2F)nnc1-c1ccccc1. The molecule has 0 saturated carbocycles. The van der Waals surface area contributed by atoms with Gasteiger partial charge in [0.25, 0.3) is 0 Å². The smallest absolute Gasteiger partial charge is 0.191 e. The van der Waals surface area contributed by atoms with E-state index < -0.39 is 0 Å². The van der Waals surface area contributed by atoms with Gasteiger partial charge in [-0.25, -0.2) is 4.39 Å². The molecule has 0 aliphatic heterocycles. The predicted octanol–water partition coefficient (Wildman–Crippen LogP) is 4.44. The lowest BCUT2D eigenvalue weighted by Crippen LogP contribution is -2.04. The van der Waals surface area contributed by atoms with Crippen molar-refractivity contribution in [3.05, 3.63) is 73.1 Å². The maximum absolute atomic E-state index is 13.5. The van der Waals surface area contributed by atoms with E-state index in [4.69, 9.17) is 4.74 Å². The van der Waals surface area contributed by atoms with E-state index in [0.29, 0.717) is 18.9 Å². The fraction of sp³-hybridized carbons (Fsp3) is 0.158. The van der Waals surface area contributed by atoms with Crippen molar-refractivity contribution in [2.24, 2.45) is 0 Å². The van der Waals surface area contributed by atoms with Gasteiger partial charge < -0.3 is 4.74 Å². The summed E-state index contributed by atoms with van der Waals surface area (Å²) in [5.41, 5.74) is 1.01. The Morgan fingerprint density at radius 3 is 2.60 bits per heavy atom. The van der Waals surface area contributed by atoms with Crippen LogP contribution in [0.3, 0.4) is 0 Å². The van der Waals surface area contributed by atoms with Crippen LogP contribution in [0.4, 0.5) is 4.39 Å². The quantitative estimate of drug-likeness (QED) is 0.340. The van der Waals surface area contributed by atoms with Crippen LogP contribution in [-0.4, -0.2) is 27.1 Å². The van der Waals surface area contributed by atoms with Crippen molar-refractivity contribution in [3.8, 4) is 17.1 Å². The minimum absolute atomic E-state index is 0.264. The van der Waals surface area contributed by atoms with Gasteiger partial charge in [0.15, 0.2) is 22.5 Å². The van der Waals surface area contributed by atoms with E-state index in [0.717, 1.165) is 16.5 Å². The molecule has 1 heterocycles. The first kappa shape index (κ1) is 17.2. The lowest BCUT2D eigenvalue weighted by atomic mass is 10.2. The minimum atomic E-state index is -0.353. The molecule has 0 saturated heterocycles. The number of para-hydroxylation sites is 1. The van der Waals surface area contributed by atoms with E-state index in [9.17, 15) is 4.39 Å². The van der Waals surface area contributed by atoms with Crippen LogP contribution in [0.25, 0.3) is 11.4 Å². The molecular weight excluding hydrogens is 337 g/mol. The van der Waals surface area contributed by atoms with Gasteiger partial charge in [-0.1, -0.05) is 60.3 Å². The van der Waals surface area contributed by atoms with Crippen LogP contribution in [0.5, 0.6) is 5.75 Å². The maximum atomic E-state index is 13.5. The van der Waals surface area contributed by atoms with Crippen molar-refractivity contribution in [2.75, 3.05) is 12.4 Å². The standard InChI is InChI=1S/C19H18FN3OS/c1-2-12-23-18(15-8-4-3-5-9-15)21-22-19(23)25-14-13-24-17-11-7-6-10-16(17)20/h2-11H,1,12-14H2. The number of allylic oxidation sites excluding steroid dienone is 1. The Kier molecular flexibility index (Phi) is 5.85. The van der Waals surface area contributed by atoms with Crippen LogP contribution in [0.1, 0.15) is 0 Å². The lowest BCUT2D eigenvalue weighted by molar-refractivity contribution is 0.325. The molecule has 2 aromatic carbocycles. The molecular formula is C19H18FN3OS. The molecule has 0 aliphatic rings. The monoisotopic (exact) mass is 355 g/mol. The average Bonchev–Trinajstić information content (AvgIpc) is 3.04. The van der Waals surface area contributed by atoms with Crippen molar-refractivity contribution in [1.29, 1.82) is 0 Å². The van der Waals surface area contributed by atoms with Crippen LogP contribution in [0.2, 0.25) is 0 Å². The van der Waals surface area contributed by atoms with E-state index in [1.54, 1.807) is 18.2 Å². The number of aromatic nitrogens is 3. The summed E-state index contributed by atoms with van der Waals surface area (Å²) in [5.74, 6) is 1.35. The molecule has 0 aliphatic carbocycles. The molecule has 0 bridgehead atoms. The van der Waals surface area contributed by atoms with Gasteiger partial charge in [0.1, 0.15) is 0 Å². The van der Waals surface area contributed by atoms with Gasteiger partial charge in [0.2, 0.25) is 0 Å². The third kappa shape index (κ3) is 4.28. The van der Waals surface area contributed by atoms with Gasteiger partial charge in [0.05, 0.1) is 6.61 Å². The molecule has 25 heavy (non-hydrogen) atoms. The molecule has 6 heteroatoms. The summed E-state index contributed by atoms with van der Waals surface area (Å²) in [7, 11) is 0. The third-order valence-electron chi connectivity index (χ3n) is 3.47. The number of hydrogen-bond acceptors (Lipinski definition) is 4. The summed E-state index contributed by atoms with van der Waals surface area (Å²) in [4.78, 5) is 0. The molecule has 0 radical (unpaired) electrons. The molecule has 0 fully saturated rings. The summed E-state index contributed by atoms with van der Waals surface area (Å²) in [6, 6.07) is 16.3. The van der Waals surface area contributed by atoms with E-state index in [1.165, 1.54) is 17.8 Å². The molecule has 0 atom stereocenters. The first-order valence-corrected chi connectivity index (χ1v) is 8.88. The zero-order chi connectivity index (χ0) is 17.5. The number of thioether (sulfide) groups is 1. The summed E-state index contributed by atoms with van der Waals surface area (Å²) < 4.78 is 21.0. The number of ether oxygens (including phenoxy) is 1. The van der Waals surface area contributed by atoms with Gasteiger partial charge in [-0.15, -0.1) is 16.8 Å². The highest BCUT2D eigenvalue weighted by atomic mass is 32.2. The Bertz CT molecular complexity index is 836. The second kappa shape index (κ2) is 8.48. The van der Waals surface area contributed by atoms with Gasteiger partial charge in [-0.3, -0.25) is 4.57 Å². The van der Waals surface area contributed by atoms with Crippen LogP contribution in [0, 0.1) is 5.82 Å². The maximum Gasteiger partial charge on any atom is 0.191 e. The van der Waals surface area contributed by atoms with Crippen molar-refractivity contribution in [2.45, 2.75) is 11.7 Å². The van der Waals surface area contributed by atoms with Crippen LogP contribution >= 0.6 is 11.8 Å². The molecule has 4 nitrogen and oxygen atoms in total. The Morgan fingerprint density at radius 1 is 1.08 bits per heavy atom. The Morgan fingerprint density at radius 2 is 1.84 bits per heavy atom. The van der Waals surface area contributed by atoms with Crippen molar-refractivity contribution in [3.63, 3.8) is 0 Å². The summed E-state index contributed by atoms with van der Waals surface area (Å²) in [5, 5.41) is 9.36. The topological polar surface area (TPSA) is 39.9 Å². The van der Waals surface area contributed by atoms with Gasteiger partial charge in [-0.2, -0.15) is 0 Å². The first-order chi connectivity index (χ1) is 12.3. The first-order valence-electron chi connectivity index (χ1n) is 7.89. The highest BCUT2D eigenvalue weighted by Crippen LogP contribution is 2.24. The highest BCUT2D eigenvalue weighted by molar-refractivity contribution is 7.99. The molecule has 3 aromatic rings.